The zero-order chi connectivity index (χ0) is 38.8. The van der Waals surface area contributed by atoms with Crippen molar-refractivity contribution in [1.82, 2.24) is 23.8 Å². The van der Waals surface area contributed by atoms with E-state index < -0.39 is 27.4 Å². The predicted octanol–water partition coefficient (Wildman–Crippen LogP) is 5.29. The molecule has 2 bridgehead atoms. The van der Waals surface area contributed by atoms with Crippen molar-refractivity contribution in [2.75, 3.05) is 20.2 Å². The fourth-order valence-corrected chi connectivity index (χ4v) is 12.2. The van der Waals surface area contributed by atoms with Gasteiger partial charge in [-0.15, -0.1) is 0 Å². The maximum atomic E-state index is 15.6. The van der Waals surface area contributed by atoms with E-state index in [1.165, 1.54) is 34.7 Å². The van der Waals surface area contributed by atoms with Crippen LogP contribution in [0.5, 0.6) is 5.75 Å². The van der Waals surface area contributed by atoms with Crippen LogP contribution in [0.1, 0.15) is 113 Å². The fraction of sp³-hybridized carbons (Fsp3) is 0.556. The van der Waals surface area contributed by atoms with Crippen molar-refractivity contribution < 1.29 is 22.7 Å². The molecule has 0 spiro atoms. The predicted molar refractivity (Wildman–Crippen MR) is 218 cm³/mol. The third kappa shape index (κ3) is 6.51. The first-order valence-electron chi connectivity index (χ1n) is 21.1. The molecule has 5 atom stereocenters. The summed E-state index contributed by atoms with van der Waals surface area (Å²) in [6.45, 7) is 6.54. The molecule has 4 aliphatic heterocycles. The van der Waals surface area contributed by atoms with Gasteiger partial charge in [0, 0.05) is 55.2 Å². The molecule has 2 N–H and O–H groups in total. The zero-order valence-corrected chi connectivity index (χ0v) is 34.0. The second-order valence-corrected chi connectivity index (χ2v) is 19.3. The largest absolute Gasteiger partial charge is 0.497 e. The number of nitrogens with zero attached hydrogens (tertiary/aromatic N) is 3. The van der Waals surface area contributed by atoms with Gasteiger partial charge in [-0.1, -0.05) is 62.6 Å². The van der Waals surface area contributed by atoms with Crippen molar-refractivity contribution in [3.63, 3.8) is 0 Å². The van der Waals surface area contributed by atoms with E-state index in [4.69, 9.17) is 4.74 Å². The molecule has 2 aromatic carbocycles. The average Bonchev–Trinajstić information content (AvgIpc) is 3.61. The molecule has 11 heteroatoms. The van der Waals surface area contributed by atoms with E-state index in [2.05, 4.69) is 75.8 Å². The molecule has 56 heavy (non-hydrogen) atoms. The van der Waals surface area contributed by atoms with Crippen LogP contribution >= 0.6 is 0 Å². The van der Waals surface area contributed by atoms with E-state index in [0.29, 0.717) is 38.0 Å². The smallest absolute Gasteiger partial charge is 0.303 e. The van der Waals surface area contributed by atoms with Gasteiger partial charge in [0.1, 0.15) is 5.75 Å². The van der Waals surface area contributed by atoms with E-state index >= 15 is 4.79 Å². The molecule has 0 radical (unpaired) electrons. The minimum Gasteiger partial charge on any atom is -0.497 e. The van der Waals surface area contributed by atoms with Crippen molar-refractivity contribution >= 4 is 34.2 Å². The number of methoxy groups -OCH3 is 1. The Morgan fingerprint density at radius 3 is 2.36 bits per heavy atom. The first-order valence-corrected chi connectivity index (χ1v) is 22.5. The van der Waals surface area contributed by atoms with Gasteiger partial charge >= 0.3 is 10.2 Å². The van der Waals surface area contributed by atoms with Gasteiger partial charge in [0.25, 0.3) is 0 Å². The van der Waals surface area contributed by atoms with Crippen LogP contribution in [0.4, 0.5) is 0 Å². The number of carbonyl (C=O) groups is 2. The monoisotopic (exact) mass is 779 g/mol. The summed E-state index contributed by atoms with van der Waals surface area (Å²) in [5.74, 6) is 0.0681. The van der Waals surface area contributed by atoms with Crippen molar-refractivity contribution in [3.8, 4) is 17.0 Å². The average molecular weight is 780 g/mol. The summed E-state index contributed by atoms with van der Waals surface area (Å²) in [5.41, 5.74) is 5.18. The zero-order valence-electron chi connectivity index (χ0n) is 33.1. The molecule has 5 unspecified atom stereocenters. The first kappa shape index (κ1) is 37.6. The van der Waals surface area contributed by atoms with E-state index in [-0.39, 0.29) is 23.9 Å². The molecule has 4 fully saturated rings. The van der Waals surface area contributed by atoms with Crippen molar-refractivity contribution in [3.05, 3.63) is 75.8 Å². The van der Waals surface area contributed by atoms with Crippen molar-refractivity contribution in [2.45, 2.75) is 128 Å². The second-order valence-electron chi connectivity index (χ2n) is 17.6. The van der Waals surface area contributed by atoms with Crippen LogP contribution in [-0.2, 0) is 32.9 Å². The van der Waals surface area contributed by atoms with Crippen LogP contribution in [0.3, 0.4) is 0 Å². The molecule has 2 aliphatic carbocycles. The highest BCUT2D eigenvalue weighted by atomic mass is 32.2. The number of amides is 2. The van der Waals surface area contributed by atoms with E-state index in [1.807, 2.05) is 18.2 Å². The van der Waals surface area contributed by atoms with E-state index in [9.17, 15) is 13.2 Å². The lowest BCUT2D eigenvalue weighted by Gasteiger charge is -2.45. The number of ether oxygens (including phenoxy) is 1. The van der Waals surface area contributed by atoms with Gasteiger partial charge in [-0.05, 0) is 116 Å². The highest BCUT2D eigenvalue weighted by Crippen LogP contribution is 2.51. The molecule has 1 saturated carbocycles. The summed E-state index contributed by atoms with van der Waals surface area (Å²) in [6, 6.07) is 17.6. The van der Waals surface area contributed by atoms with Crippen LogP contribution in [0.2, 0.25) is 0 Å². The van der Waals surface area contributed by atoms with Gasteiger partial charge in [0.15, 0.2) is 0 Å². The highest BCUT2D eigenvalue weighted by molar-refractivity contribution is 7.87. The highest BCUT2D eigenvalue weighted by Gasteiger charge is 2.52. The van der Waals surface area contributed by atoms with Gasteiger partial charge in [-0.2, -0.15) is 12.7 Å². The van der Waals surface area contributed by atoms with Gasteiger partial charge in [-0.3, -0.25) is 9.59 Å². The van der Waals surface area contributed by atoms with E-state index in [1.54, 1.807) is 7.11 Å². The van der Waals surface area contributed by atoms with Crippen LogP contribution in [-0.4, -0.2) is 72.3 Å². The minimum atomic E-state index is -3.88. The molecule has 3 aromatic rings. The molecule has 1 aromatic heterocycles. The van der Waals surface area contributed by atoms with Crippen molar-refractivity contribution in [2.24, 2.45) is 11.3 Å². The lowest BCUT2D eigenvalue weighted by atomic mass is 9.71. The molecule has 298 valence electrons. The fourth-order valence-electron chi connectivity index (χ4n) is 10.9. The molecular formula is C45H57N5O5S. The van der Waals surface area contributed by atoms with Crippen LogP contribution in [0.25, 0.3) is 23.4 Å². The number of piperidine rings is 1. The Morgan fingerprint density at radius 2 is 1.68 bits per heavy atom. The van der Waals surface area contributed by atoms with Gasteiger partial charge in [-0.25, -0.2) is 4.72 Å². The summed E-state index contributed by atoms with van der Waals surface area (Å²) in [5, 5.41) is 5.91. The van der Waals surface area contributed by atoms with E-state index in [0.717, 1.165) is 84.6 Å². The molecular weight excluding hydrogens is 723 g/mol. The normalized spacial score (nSPS) is 28.8. The Morgan fingerprint density at radius 1 is 0.946 bits per heavy atom. The van der Waals surface area contributed by atoms with Crippen molar-refractivity contribution in [1.29, 1.82) is 0 Å². The van der Waals surface area contributed by atoms with Gasteiger partial charge in [0.2, 0.25) is 11.8 Å². The lowest BCUT2D eigenvalue weighted by molar-refractivity contribution is -0.148. The number of nitrogens with one attached hydrogen (secondary N) is 2. The Labute approximate surface area is 331 Å². The number of benzene rings is 2. The molecule has 2 amide bonds. The number of carbonyl (C=O) groups excluding carboxylic acids is 2. The SMILES string of the molecule is COc1ccc2c(c1)C(C)C(C)(C(=O)N1C3CCC1CC(NCc1ccccc1)C3)Cn1c-2c(C2CCCCC2)c2c1=CC(C(=O)NS(=O)(=O)N1CCC1)CC=2. The molecule has 3 saturated heterocycles. The number of rotatable bonds is 9. The quantitative estimate of drug-likeness (QED) is 0.306. The third-order valence-corrected chi connectivity index (χ3v) is 15.9. The third-order valence-electron chi connectivity index (χ3n) is 14.4. The van der Waals surface area contributed by atoms with Gasteiger partial charge < -0.3 is 19.5 Å². The summed E-state index contributed by atoms with van der Waals surface area (Å²) < 4.78 is 38.0. The van der Waals surface area contributed by atoms with Crippen LogP contribution in [0.15, 0.2) is 48.5 Å². The Balaban J connectivity index is 1.12. The minimum absolute atomic E-state index is 0.128. The van der Waals surface area contributed by atoms with Crippen LogP contribution in [0, 0.1) is 11.3 Å². The van der Waals surface area contributed by atoms with Crippen LogP contribution < -0.4 is 25.3 Å². The Bertz CT molecular complexity index is 2230. The molecule has 5 heterocycles. The van der Waals surface area contributed by atoms with Gasteiger partial charge in [0.05, 0.1) is 24.1 Å². The molecule has 6 aliphatic rings. The Kier molecular flexibility index (Phi) is 9.93. The summed E-state index contributed by atoms with van der Waals surface area (Å²) >= 11 is 0. The molecule has 10 nitrogen and oxygen atoms in total. The number of hydrogen-bond donors (Lipinski definition) is 2. The standard InChI is InChI=1S/C45H57N5O5S/c1-29-39-26-36(55-3)18-20-37(39)42-41(31-13-8-5-9-14-31)38-19-15-32(43(51)47-56(53,54)48-21-10-22-48)23-40(38)49(42)28-45(29,2)44(52)50-34-16-17-35(50)25-33(24-34)46-27-30-11-6-4-7-12-30/h4,6-7,11-12,18-20,23,26,29,31-35,46H,5,8-10,13-17,21-22,24-25,27-28H2,1-3H3,(H,47,51). The number of fused-ring (bicyclic) bond motifs is 7. The molecule has 9 rings (SSSR count). The lowest BCUT2D eigenvalue weighted by Crippen LogP contribution is -2.57. The number of hydrogen-bond acceptors (Lipinski definition) is 6. The summed E-state index contributed by atoms with van der Waals surface area (Å²) in [4.78, 5) is 31.6. The summed E-state index contributed by atoms with van der Waals surface area (Å²) in [6.07, 6.45) is 15.1. The Hall–Kier alpha value is -3.93. The maximum Gasteiger partial charge on any atom is 0.303 e. The maximum absolute atomic E-state index is 15.6. The summed E-state index contributed by atoms with van der Waals surface area (Å²) in [7, 11) is -2.18. The number of aromatic nitrogens is 1. The topological polar surface area (TPSA) is 113 Å². The first-order chi connectivity index (χ1) is 27.1. The second kappa shape index (κ2) is 14.8.